The van der Waals surface area contributed by atoms with Gasteiger partial charge >= 0.3 is 5.97 Å². The standard InChI is InChI=1S/C26H21N3O8S/c1-29-12-19(18-8-4-16(24(27)30)10-20(18)29)23(15-5-9-21-22(11-15)37-13-36-21)25(31)28-38(34,35)17-6-2-14(3-7-17)26(32)33/h2-12,23H,13H2,1H3,(H2,27,30)(H,28,31)(H,32,33). The summed E-state index contributed by atoms with van der Waals surface area (Å²) >= 11 is 0. The molecule has 0 bridgehead atoms. The summed E-state index contributed by atoms with van der Waals surface area (Å²) in [5.41, 5.74) is 7.14. The molecule has 3 aromatic carbocycles. The molecule has 4 aromatic rings. The van der Waals surface area contributed by atoms with E-state index in [9.17, 15) is 22.8 Å². The molecule has 4 N–H and O–H groups in total. The molecular formula is C26H21N3O8S. The van der Waals surface area contributed by atoms with Gasteiger partial charge in [-0.05, 0) is 59.7 Å². The van der Waals surface area contributed by atoms with E-state index in [1.807, 2.05) is 0 Å². The minimum absolute atomic E-state index is 0.0144. The molecule has 2 heterocycles. The topological polar surface area (TPSA) is 167 Å². The molecule has 1 atom stereocenters. The Balaban J connectivity index is 1.60. The molecule has 0 fully saturated rings. The Hall–Kier alpha value is -4.84. The first kappa shape index (κ1) is 24.8. The number of benzene rings is 3. The van der Waals surface area contributed by atoms with E-state index in [0.717, 1.165) is 24.3 Å². The van der Waals surface area contributed by atoms with E-state index < -0.39 is 33.7 Å². The number of hydrogen-bond donors (Lipinski definition) is 3. The van der Waals surface area contributed by atoms with E-state index >= 15 is 0 Å². The molecule has 1 aliphatic heterocycles. The van der Waals surface area contributed by atoms with Crippen molar-refractivity contribution < 1.29 is 37.4 Å². The summed E-state index contributed by atoms with van der Waals surface area (Å²) in [7, 11) is -2.63. The lowest BCUT2D eigenvalue weighted by atomic mass is 9.90. The third-order valence-corrected chi connectivity index (χ3v) is 7.62. The predicted molar refractivity (Wildman–Crippen MR) is 135 cm³/mol. The fraction of sp³-hybridized carbons (Fsp3) is 0.115. The van der Waals surface area contributed by atoms with Crippen LogP contribution < -0.4 is 19.9 Å². The van der Waals surface area contributed by atoms with Gasteiger partial charge in [0.05, 0.1) is 16.4 Å². The Morgan fingerprint density at radius 2 is 1.66 bits per heavy atom. The summed E-state index contributed by atoms with van der Waals surface area (Å²) < 4.78 is 40.8. The van der Waals surface area contributed by atoms with Crippen molar-refractivity contribution in [2.24, 2.45) is 12.8 Å². The molecule has 0 radical (unpaired) electrons. The Bertz CT molecular complexity index is 1730. The summed E-state index contributed by atoms with van der Waals surface area (Å²) in [6.45, 7) is 0.0144. The molecule has 2 amide bonds. The number of primary amides is 1. The minimum Gasteiger partial charge on any atom is -0.478 e. The maximum absolute atomic E-state index is 13.7. The van der Waals surface area contributed by atoms with E-state index in [4.69, 9.17) is 20.3 Å². The average molecular weight is 536 g/mol. The molecule has 12 heteroatoms. The zero-order chi connectivity index (χ0) is 27.2. The normalized spacial score (nSPS) is 13.3. The zero-order valence-corrected chi connectivity index (χ0v) is 20.7. The van der Waals surface area contributed by atoms with Crippen LogP contribution in [0.25, 0.3) is 10.9 Å². The fourth-order valence-corrected chi connectivity index (χ4v) is 5.39. The lowest BCUT2D eigenvalue weighted by molar-refractivity contribution is -0.119. The first-order valence-corrected chi connectivity index (χ1v) is 12.7. The zero-order valence-electron chi connectivity index (χ0n) is 19.9. The lowest BCUT2D eigenvalue weighted by Gasteiger charge is -2.18. The van der Waals surface area contributed by atoms with Crippen LogP contribution in [-0.2, 0) is 21.9 Å². The summed E-state index contributed by atoms with van der Waals surface area (Å²) in [5.74, 6) is -2.89. The Kier molecular flexibility index (Phi) is 6.03. The monoisotopic (exact) mass is 535 g/mol. The number of hydrogen-bond acceptors (Lipinski definition) is 7. The number of fused-ring (bicyclic) bond motifs is 2. The quantitative estimate of drug-likeness (QED) is 0.324. The summed E-state index contributed by atoms with van der Waals surface area (Å²) in [4.78, 5) is 36.3. The van der Waals surface area contributed by atoms with Gasteiger partial charge in [0, 0.05) is 29.7 Å². The van der Waals surface area contributed by atoms with Gasteiger partial charge in [0.25, 0.3) is 10.0 Å². The molecule has 1 aliphatic rings. The number of nitrogens with zero attached hydrogens (tertiary/aromatic N) is 1. The van der Waals surface area contributed by atoms with Crippen molar-refractivity contribution >= 4 is 38.7 Å². The second-order valence-electron chi connectivity index (χ2n) is 8.64. The average Bonchev–Trinajstić information content (AvgIpc) is 3.48. The number of amides is 2. The number of ether oxygens (including phenoxy) is 2. The highest BCUT2D eigenvalue weighted by atomic mass is 32.2. The van der Waals surface area contributed by atoms with E-state index in [1.165, 1.54) is 6.07 Å². The number of aromatic nitrogens is 1. The molecule has 194 valence electrons. The van der Waals surface area contributed by atoms with Gasteiger partial charge in [0.2, 0.25) is 18.6 Å². The number of rotatable bonds is 7. The first-order valence-electron chi connectivity index (χ1n) is 11.2. The van der Waals surface area contributed by atoms with Gasteiger partial charge < -0.3 is 24.9 Å². The second kappa shape index (κ2) is 9.23. The summed E-state index contributed by atoms with van der Waals surface area (Å²) in [6.07, 6.45) is 1.68. The van der Waals surface area contributed by atoms with E-state index in [1.54, 1.807) is 48.1 Å². The molecule has 1 unspecified atom stereocenters. The van der Waals surface area contributed by atoms with Gasteiger partial charge in [-0.2, -0.15) is 0 Å². The number of aromatic carboxylic acids is 1. The number of nitrogens with two attached hydrogens (primary N) is 1. The second-order valence-corrected chi connectivity index (χ2v) is 10.3. The number of carboxylic acid groups (broad SMARTS) is 1. The van der Waals surface area contributed by atoms with Gasteiger partial charge in [0.15, 0.2) is 11.5 Å². The minimum atomic E-state index is -4.36. The first-order chi connectivity index (χ1) is 18.0. The van der Waals surface area contributed by atoms with Crippen molar-refractivity contribution in [1.29, 1.82) is 0 Å². The molecule has 11 nitrogen and oxygen atoms in total. The Morgan fingerprint density at radius 3 is 2.34 bits per heavy atom. The summed E-state index contributed by atoms with van der Waals surface area (Å²) in [6, 6.07) is 14.1. The molecule has 0 aliphatic carbocycles. The number of carboxylic acids is 1. The van der Waals surface area contributed by atoms with Crippen LogP contribution in [-0.4, -0.2) is 42.7 Å². The van der Waals surface area contributed by atoms with Crippen molar-refractivity contribution in [1.82, 2.24) is 9.29 Å². The van der Waals surface area contributed by atoms with Crippen LogP contribution in [0.2, 0.25) is 0 Å². The van der Waals surface area contributed by atoms with E-state index in [2.05, 4.69) is 4.72 Å². The smallest absolute Gasteiger partial charge is 0.335 e. The van der Waals surface area contributed by atoms with Gasteiger partial charge in [-0.1, -0.05) is 12.1 Å². The number of carbonyl (C=O) groups excluding carboxylic acids is 2. The molecule has 0 saturated heterocycles. The van der Waals surface area contributed by atoms with E-state index in [0.29, 0.717) is 33.5 Å². The van der Waals surface area contributed by atoms with E-state index in [-0.39, 0.29) is 22.8 Å². The Morgan fingerprint density at radius 1 is 0.974 bits per heavy atom. The van der Waals surface area contributed by atoms with Crippen molar-refractivity contribution in [2.75, 3.05) is 6.79 Å². The van der Waals surface area contributed by atoms with Crippen LogP contribution in [0, 0.1) is 0 Å². The molecular weight excluding hydrogens is 514 g/mol. The van der Waals surface area contributed by atoms with Crippen LogP contribution in [0.1, 0.15) is 37.8 Å². The number of carbonyl (C=O) groups is 3. The maximum atomic E-state index is 13.7. The predicted octanol–water partition coefficient (Wildman–Crippen LogP) is 2.34. The van der Waals surface area contributed by atoms with Crippen molar-refractivity contribution in [2.45, 2.75) is 10.8 Å². The summed E-state index contributed by atoms with van der Waals surface area (Å²) in [5, 5.41) is 9.70. The van der Waals surface area contributed by atoms with Crippen LogP contribution in [0.4, 0.5) is 0 Å². The number of nitrogens with one attached hydrogen (secondary N) is 1. The highest BCUT2D eigenvalue weighted by molar-refractivity contribution is 7.90. The molecule has 1 aromatic heterocycles. The van der Waals surface area contributed by atoms with Crippen molar-refractivity contribution in [3.8, 4) is 11.5 Å². The number of aryl methyl sites for hydroxylation is 1. The highest BCUT2D eigenvalue weighted by Gasteiger charge is 2.31. The largest absolute Gasteiger partial charge is 0.478 e. The fourth-order valence-electron chi connectivity index (χ4n) is 4.39. The molecule has 38 heavy (non-hydrogen) atoms. The SMILES string of the molecule is Cn1cc(C(C(=O)NS(=O)(=O)c2ccc(C(=O)O)cc2)c2ccc3c(c2)OCO3)c2ccc(C(N)=O)cc21. The van der Waals surface area contributed by atoms with Crippen molar-refractivity contribution in [3.63, 3.8) is 0 Å². The van der Waals surface area contributed by atoms with Crippen molar-refractivity contribution in [3.05, 3.63) is 89.1 Å². The lowest BCUT2D eigenvalue weighted by Crippen LogP contribution is -2.35. The van der Waals surface area contributed by atoms with Crippen LogP contribution in [0.15, 0.2) is 71.8 Å². The molecule has 0 spiro atoms. The van der Waals surface area contributed by atoms with Gasteiger partial charge in [-0.25, -0.2) is 17.9 Å². The van der Waals surface area contributed by atoms with Crippen LogP contribution in [0.3, 0.4) is 0 Å². The molecule has 0 saturated carbocycles. The maximum Gasteiger partial charge on any atom is 0.335 e. The molecule has 5 rings (SSSR count). The van der Waals surface area contributed by atoms with Gasteiger partial charge in [0.1, 0.15) is 0 Å². The third-order valence-electron chi connectivity index (χ3n) is 6.26. The third kappa shape index (κ3) is 4.41. The number of sulfonamides is 1. The highest BCUT2D eigenvalue weighted by Crippen LogP contribution is 2.39. The van der Waals surface area contributed by atoms with Crippen LogP contribution in [0.5, 0.6) is 11.5 Å². The van der Waals surface area contributed by atoms with Gasteiger partial charge in [-0.15, -0.1) is 0 Å². The van der Waals surface area contributed by atoms with Crippen LogP contribution >= 0.6 is 0 Å². The van der Waals surface area contributed by atoms with Gasteiger partial charge in [-0.3, -0.25) is 9.59 Å². The Labute approximate surface area is 216 Å².